The molecule has 0 aliphatic carbocycles. The van der Waals surface area contributed by atoms with Gasteiger partial charge in [0.25, 0.3) is 5.24 Å². The van der Waals surface area contributed by atoms with Crippen molar-refractivity contribution in [3.63, 3.8) is 0 Å². The minimum Gasteiger partial charge on any atom is -0.396 e. The molecule has 0 amide bonds. The molecule has 0 aliphatic rings. The Morgan fingerprint density at radius 1 is 0.574 bits per heavy atom. The fourth-order valence-corrected chi connectivity index (χ4v) is 6.61. The number of nitrogens with zero attached hydrogens (tertiary/aromatic N) is 5. The number of rotatable bonds is 7. The van der Waals surface area contributed by atoms with Gasteiger partial charge in [0.15, 0.2) is 5.82 Å². The number of anilines is 1. The van der Waals surface area contributed by atoms with Crippen LogP contribution in [0.3, 0.4) is 0 Å². The van der Waals surface area contributed by atoms with Gasteiger partial charge in [-0.3, -0.25) is 34.6 Å². The summed E-state index contributed by atoms with van der Waals surface area (Å²) in [6, 6.07) is 12.2. The number of nitro groups is 2. The van der Waals surface area contributed by atoms with Crippen LogP contribution in [0.4, 0.5) is 43.4 Å². The zero-order valence-electron chi connectivity index (χ0n) is 35.1. The zero-order chi connectivity index (χ0) is 49.7. The Labute approximate surface area is 382 Å². The molecule has 23 heteroatoms. The second-order valence-electron chi connectivity index (χ2n) is 14.4. The summed E-state index contributed by atoms with van der Waals surface area (Å²) in [4.78, 5) is 75.3. The number of carbonyl (C=O) groups is 3. The fraction of sp³-hybridized carbons (Fsp3) is 0.0667. The number of benzene rings is 3. The van der Waals surface area contributed by atoms with E-state index in [0.717, 1.165) is 28.9 Å². The van der Waals surface area contributed by atoms with Gasteiger partial charge in [-0.2, -0.15) is 8.78 Å². The number of ketones is 2. The van der Waals surface area contributed by atoms with Crippen LogP contribution in [0.25, 0.3) is 33.1 Å². The van der Waals surface area contributed by atoms with E-state index < -0.39 is 89.6 Å². The lowest BCUT2D eigenvalue weighted by Gasteiger charge is -2.05. The zero-order valence-corrected chi connectivity index (χ0v) is 35.8. The lowest BCUT2D eigenvalue weighted by atomic mass is 10.0. The summed E-state index contributed by atoms with van der Waals surface area (Å²) in [5.41, 5.74) is 5.24. The van der Waals surface area contributed by atoms with Gasteiger partial charge in [-0.25, -0.2) is 32.5 Å². The van der Waals surface area contributed by atoms with Crippen molar-refractivity contribution in [1.29, 1.82) is 0 Å². The number of fused-ring (bicyclic) bond motifs is 3. The molecule has 3 aromatic carbocycles. The third-order valence-corrected chi connectivity index (χ3v) is 9.86. The van der Waals surface area contributed by atoms with Crippen LogP contribution in [0, 0.1) is 75.9 Å². The number of aromatic nitrogens is 6. The number of nitrogens with one attached hydrogen (secondary N) is 3. The Balaban J connectivity index is 0.000000156. The largest absolute Gasteiger partial charge is 0.396 e. The van der Waals surface area contributed by atoms with E-state index in [-0.39, 0.29) is 16.8 Å². The average molecular weight is 958 g/mol. The SMILES string of the molecule is Cc1cnc2[nH]cc(C(=O)c3c(F)ccc(N)c3F)c2c1.Cc1cnc2[nH]cc(C(=O)c3c(F)ccc([N+](=O)[O-])c3F)c2c1.Cc1cnc2[nH]ccc2c1.O=C(Cl)c1c(F)ccc([N+](=O)[O-])c1F. The van der Waals surface area contributed by atoms with Crippen molar-refractivity contribution < 1.29 is 50.6 Å². The van der Waals surface area contributed by atoms with E-state index in [1.165, 1.54) is 23.3 Å². The standard InChI is InChI=1S/C15H9F2N3O3.C15H11F2N3O.C8H8N2.C7H2ClF2NO3/c1-7-4-8-9(6-19-15(8)18-5-7)14(21)12-10(16)2-3-11(13(12)17)20(22)23;1-7-4-8-9(6-20-15(8)19-5-7)14(21)12-10(16)2-3-11(18)13(12)17;1-6-4-7-2-3-9-8(7)10-5-6;8-7(12)5-3(9)1-2-4(6(5)10)11(13)14/h2-6H,1H3,(H,18,19);2-6H,18H2,1H3,(H,19,20);2-5H,1H3,(H,9,10);1-2H. The van der Waals surface area contributed by atoms with Crippen molar-refractivity contribution in [2.75, 3.05) is 5.73 Å². The molecule has 6 aromatic heterocycles. The molecular formula is C45H30ClF6N9O7. The minimum absolute atomic E-state index is 0.00509. The highest BCUT2D eigenvalue weighted by Crippen LogP contribution is 2.29. The number of hydrogen-bond acceptors (Lipinski definition) is 11. The highest BCUT2D eigenvalue weighted by atomic mass is 35.5. The van der Waals surface area contributed by atoms with Gasteiger partial charge in [0, 0.05) is 76.6 Å². The smallest absolute Gasteiger partial charge is 0.305 e. The van der Waals surface area contributed by atoms with Gasteiger partial charge in [-0.1, -0.05) is 0 Å². The number of carbonyl (C=O) groups excluding carboxylic acids is 3. The van der Waals surface area contributed by atoms with E-state index in [4.69, 9.17) is 17.3 Å². The van der Waals surface area contributed by atoms with E-state index >= 15 is 0 Å². The topological polar surface area (TPSA) is 250 Å². The predicted molar refractivity (Wildman–Crippen MR) is 236 cm³/mol. The molecule has 0 unspecified atom stereocenters. The quantitative estimate of drug-likeness (QED) is 0.0292. The Bertz CT molecular complexity index is 3490. The molecule has 0 bridgehead atoms. The van der Waals surface area contributed by atoms with Crippen molar-refractivity contribution in [1.82, 2.24) is 29.9 Å². The van der Waals surface area contributed by atoms with E-state index in [1.807, 2.05) is 32.3 Å². The predicted octanol–water partition coefficient (Wildman–Crippen LogP) is 10.4. The molecule has 0 aliphatic heterocycles. The molecule has 0 radical (unpaired) electrons. The number of halogens is 7. The Kier molecular flexibility index (Phi) is 14.4. The highest BCUT2D eigenvalue weighted by molar-refractivity contribution is 6.67. The summed E-state index contributed by atoms with van der Waals surface area (Å²) in [7, 11) is 0. The number of aryl methyl sites for hydroxylation is 3. The third-order valence-electron chi connectivity index (χ3n) is 9.67. The van der Waals surface area contributed by atoms with Crippen LogP contribution in [-0.4, -0.2) is 56.6 Å². The van der Waals surface area contributed by atoms with Crippen molar-refractivity contribution >= 4 is 78.6 Å². The van der Waals surface area contributed by atoms with Crippen molar-refractivity contribution in [3.8, 4) is 0 Å². The summed E-state index contributed by atoms with van der Waals surface area (Å²) in [6.07, 6.45) is 9.63. The first-order valence-electron chi connectivity index (χ1n) is 19.2. The van der Waals surface area contributed by atoms with E-state index in [2.05, 4.69) is 36.0 Å². The molecule has 346 valence electrons. The number of nitro benzene ring substituents is 2. The monoisotopic (exact) mass is 957 g/mol. The number of nitrogens with two attached hydrogens (primary N) is 1. The summed E-state index contributed by atoms with van der Waals surface area (Å²) in [5.74, 6) is -9.18. The molecule has 9 rings (SSSR count). The second kappa shape index (κ2) is 20.2. The van der Waals surface area contributed by atoms with E-state index in [1.54, 1.807) is 31.5 Å². The van der Waals surface area contributed by atoms with Crippen LogP contribution in [-0.2, 0) is 0 Å². The summed E-state index contributed by atoms with van der Waals surface area (Å²) < 4.78 is 81.7. The highest BCUT2D eigenvalue weighted by Gasteiger charge is 2.29. The molecule has 0 spiro atoms. The first kappa shape index (κ1) is 48.7. The Morgan fingerprint density at radius 3 is 1.46 bits per heavy atom. The van der Waals surface area contributed by atoms with Gasteiger partial charge in [0.2, 0.25) is 23.2 Å². The van der Waals surface area contributed by atoms with Gasteiger partial charge < -0.3 is 20.7 Å². The molecule has 16 nitrogen and oxygen atoms in total. The number of aromatic amines is 3. The summed E-state index contributed by atoms with van der Waals surface area (Å²) in [5, 5.41) is 21.6. The molecule has 0 saturated heterocycles. The van der Waals surface area contributed by atoms with Crippen molar-refractivity contribution in [3.05, 3.63) is 197 Å². The maximum atomic E-state index is 14.2. The molecule has 5 N–H and O–H groups in total. The van der Waals surface area contributed by atoms with Gasteiger partial charge in [-0.15, -0.1) is 0 Å². The van der Waals surface area contributed by atoms with Crippen molar-refractivity contribution in [2.24, 2.45) is 0 Å². The van der Waals surface area contributed by atoms with Crippen LogP contribution >= 0.6 is 11.6 Å². The molecule has 0 atom stereocenters. The van der Waals surface area contributed by atoms with Gasteiger partial charge >= 0.3 is 11.4 Å². The first-order valence-corrected chi connectivity index (χ1v) is 19.6. The fourth-order valence-electron chi connectivity index (χ4n) is 6.44. The number of pyridine rings is 3. The van der Waals surface area contributed by atoms with Gasteiger partial charge in [0.05, 0.1) is 21.1 Å². The molecule has 68 heavy (non-hydrogen) atoms. The number of nitrogen functional groups attached to an aromatic ring is 1. The average Bonchev–Trinajstić information content (AvgIpc) is 4.04. The van der Waals surface area contributed by atoms with Crippen LogP contribution < -0.4 is 5.73 Å². The van der Waals surface area contributed by atoms with E-state index in [0.29, 0.717) is 46.3 Å². The maximum absolute atomic E-state index is 14.2. The Morgan fingerprint density at radius 2 is 0.985 bits per heavy atom. The lowest BCUT2D eigenvalue weighted by Crippen LogP contribution is -2.09. The number of H-pyrrole nitrogens is 3. The van der Waals surface area contributed by atoms with Crippen LogP contribution in [0.1, 0.15) is 58.9 Å². The summed E-state index contributed by atoms with van der Waals surface area (Å²) >= 11 is 4.85. The molecule has 9 aromatic rings. The molecule has 0 saturated carbocycles. The Hall–Kier alpha value is -8.79. The molecule has 6 heterocycles. The summed E-state index contributed by atoms with van der Waals surface area (Å²) in [6.45, 7) is 5.61. The van der Waals surface area contributed by atoms with Crippen LogP contribution in [0.15, 0.2) is 97.8 Å². The third kappa shape index (κ3) is 10.2. The van der Waals surface area contributed by atoms with E-state index in [9.17, 15) is 61.0 Å². The minimum atomic E-state index is -1.56. The van der Waals surface area contributed by atoms with Gasteiger partial charge in [-0.05, 0) is 97.6 Å². The molecule has 0 fully saturated rings. The number of hydrogen-bond donors (Lipinski definition) is 4. The maximum Gasteiger partial charge on any atom is 0.305 e. The van der Waals surface area contributed by atoms with Crippen LogP contribution in [0.5, 0.6) is 0 Å². The van der Waals surface area contributed by atoms with Gasteiger partial charge in [0.1, 0.15) is 45.5 Å². The van der Waals surface area contributed by atoms with Crippen molar-refractivity contribution in [2.45, 2.75) is 20.8 Å². The first-order chi connectivity index (χ1) is 32.2. The lowest BCUT2D eigenvalue weighted by molar-refractivity contribution is -0.387. The second-order valence-corrected chi connectivity index (χ2v) is 14.8. The van der Waals surface area contributed by atoms with Crippen LogP contribution in [0.2, 0.25) is 0 Å². The normalized spacial score (nSPS) is 10.7. The molecular weight excluding hydrogens is 928 g/mol.